The number of fused-ring (bicyclic) bond motifs is 1. The summed E-state index contributed by atoms with van der Waals surface area (Å²) in [6.07, 6.45) is 4.25. The quantitative estimate of drug-likeness (QED) is 0.884. The number of hydrogen-bond acceptors (Lipinski definition) is 6. The van der Waals surface area contributed by atoms with Crippen molar-refractivity contribution < 1.29 is 13.2 Å². The summed E-state index contributed by atoms with van der Waals surface area (Å²) in [7, 11) is -2.11. The predicted octanol–water partition coefficient (Wildman–Crippen LogP) is 0.590. The van der Waals surface area contributed by atoms with Crippen molar-refractivity contribution in [3.63, 3.8) is 0 Å². The fourth-order valence-corrected chi connectivity index (χ4v) is 3.62. The predicted molar refractivity (Wildman–Crippen MR) is 84.3 cm³/mol. The second kappa shape index (κ2) is 5.96. The van der Waals surface area contributed by atoms with Gasteiger partial charge in [-0.3, -0.25) is 9.78 Å². The van der Waals surface area contributed by atoms with E-state index in [1.165, 1.54) is 12.4 Å². The number of carbonyl (C=O) groups excluding carboxylic acids is 1. The van der Waals surface area contributed by atoms with E-state index in [2.05, 4.69) is 14.7 Å². The van der Waals surface area contributed by atoms with Crippen LogP contribution in [0, 0.1) is 5.92 Å². The Bertz CT molecular complexity index is 824. The van der Waals surface area contributed by atoms with Gasteiger partial charge in [-0.15, -0.1) is 0 Å². The van der Waals surface area contributed by atoms with E-state index < -0.39 is 21.8 Å². The molecule has 7 nitrogen and oxygen atoms in total. The number of benzene rings is 1. The minimum atomic E-state index is -4.00. The lowest BCUT2D eigenvalue weighted by Crippen LogP contribution is -2.44. The highest BCUT2D eigenvalue weighted by Gasteiger charge is 2.30. The van der Waals surface area contributed by atoms with Crippen LogP contribution in [0.5, 0.6) is 0 Å². The number of para-hydroxylation sites is 1. The van der Waals surface area contributed by atoms with Crippen molar-refractivity contribution in [3.05, 3.63) is 48.4 Å². The molecule has 0 saturated carbocycles. The highest BCUT2D eigenvalue weighted by atomic mass is 32.2. The van der Waals surface area contributed by atoms with Crippen molar-refractivity contribution in [1.29, 1.82) is 0 Å². The molecule has 3 rings (SSSR count). The second-order valence-corrected chi connectivity index (χ2v) is 7.05. The third-order valence-corrected chi connectivity index (χ3v) is 5.02. The number of nitrogens with zero attached hydrogens (tertiary/aromatic N) is 3. The Morgan fingerprint density at radius 1 is 1.30 bits per heavy atom. The molecule has 0 fully saturated rings. The lowest BCUT2D eigenvalue weighted by molar-refractivity contribution is -0.123. The van der Waals surface area contributed by atoms with Crippen LogP contribution in [0.25, 0.3) is 0 Å². The molecule has 120 valence electrons. The van der Waals surface area contributed by atoms with E-state index in [9.17, 15) is 13.2 Å². The summed E-state index contributed by atoms with van der Waals surface area (Å²) in [6.45, 7) is 0.457. The lowest BCUT2D eigenvalue weighted by atomic mass is 9.92. The molecule has 23 heavy (non-hydrogen) atoms. The first-order chi connectivity index (χ1) is 11.0. The molecule has 0 radical (unpaired) electrons. The first-order valence-corrected chi connectivity index (χ1v) is 8.57. The standard InChI is InChI=1S/C15H16N4O3S/c1-19-10-12(8-11-4-2-3-5-13(11)19)15(20)18-23(21,22)14-9-16-6-7-17-14/h2-7,9,12H,8,10H2,1H3,(H,18,20)/t12-/m1/s1. The minimum Gasteiger partial charge on any atom is -0.374 e. The molecule has 0 saturated heterocycles. The molecule has 0 bridgehead atoms. The number of anilines is 1. The third kappa shape index (κ3) is 3.16. The fourth-order valence-electron chi connectivity index (χ4n) is 2.68. The van der Waals surface area contributed by atoms with Gasteiger partial charge >= 0.3 is 0 Å². The highest BCUT2D eigenvalue weighted by Crippen LogP contribution is 2.28. The average Bonchev–Trinajstić information content (AvgIpc) is 2.55. The van der Waals surface area contributed by atoms with Crippen molar-refractivity contribution in [1.82, 2.24) is 14.7 Å². The molecule has 2 aromatic rings. The van der Waals surface area contributed by atoms with Crippen molar-refractivity contribution >= 4 is 21.6 Å². The van der Waals surface area contributed by atoms with Gasteiger partial charge in [0, 0.05) is 31.7 Å². The number of carbonyl (C=O) groups is 1. The fraction of sp³-hybridized carbons (Fsp3) is 0.267. The van der Waals surface area contributed by atoms with Gasteiger partial charge in [0.2, 0.25) is 5.91 Å². The zero-order valence-corrected chi connectivity index (χ0v) is 13.3. The lowest BCUT2D eigenvalue weighted by Gasteiger charge is -2.32. The molecule has 1 aromatic carbocycles. The zero-order chi connectivity index (χ0) is 16.4. The number of amides is 1. The normalized spacial score (nSPS) is 17.4. The third-order valence-electron chi connectivity index (χ3n) is 3.78. The molecule has 8 heteroatoms. The van der Waals surface area contributed by atoms with E-state index in [0.717, 1.165) is 17.4 Å². The van der Waals surface area contributed by atoms with Crippen molar-refractivity contribution in [2.45, 2.75) is 11.4 Å². The van der Waals surface area contributed by atoms with E-state index >= 15 is 0 Å². The molecule has 1 N–H and O–H groups in total. The van der Waals surface area contributed by atoms with Crippen LogP contribution in [0.3, 0.4) is 0 Å². The second-order valence-electron chi connectivity index (χ2n) is 5.42. The molecule has 0 aliphatic carbocycles. The van der Waals surface area contributed by atoms with E-state index in [1.807, 2.05) is 36.2 Å². The Hall–Kier alpha value is -2.48. The molecule has 1 aliphatic heterocycles. The Labute approximate surface area is 134 Å². The van der Waals surface area contributed by atoms with Gasteiger partial charge in [0.15, 0.2) is 5.03 Å². The molecule has 0 spiro atoms. The average molecular weight is 332 g/mol. The molecule has 1 amide bonds. The Morgan fingerprint density at radius 3 is 2.83 bits per heavy atom. The van der Waals surface area contributed by atoms with Gasteiger partial charge in [-0.2, -0.15) is 8.42 Å². The van der Waals surface area contributed by atoms with E-state index in [0.29, 0.717) is 13.0 Å². The number of nitrogens with one attached hydrogen (secondary N) is 1. The number of rotatable bonds is 3. The van der Waals surface area contributed by atoms with Crippen LogP contribution in [0.4, 0.5) is 5.69 Å². The van der Waals surface area contributed by atoms with Crippen LogP contribution in [0.2, 0.25) is 0 Å². The smallest absolute Gasteiger partial charge is 0.283 e. The minimum absolute atomic E-state index is 0.266. The van der Waals surface area contributed by atoms with Crippen LogP contribution in [0.1, 0.15) is 5.56 Å². The molecular formula is C15H16N4O3S. The van der Waals surface area contributed by atoms with Gasteiger partial charge in [0.25, 0.3) is 10.0 Å². The van der Waals surface area contributed by atoms with Crippen LogP contribution >= 0.6 is 0 Å². The molecule has 1 aliphatic rings. The summed E-state index contributed by atoms with van der Waals surface area (Å²) in [5.41, 5.74) is 2.09. The number of aromatic nitrogens is 2. The zero-order valence-electron chi connectivity index (χ0n) is 12.5. The van der Waals surface area contributed by atoms with Gasteiger partial charge in [0.05, 0.1) is 12.1 Å². The Balaban J connectivity index is 1.78. The first kappa shape index (κ1) is 15.4. The van der Waals surface area contributed by atoms with Gasteiger partial charge in [-0.1, -0.05) is 18.2 Å². The van der Waals surface area contributed by atoms with Gasteiger partial charge in [-0.25, -0.2) is 9.71 Å². The van der Waals surface area contributed by atoms with Gasteiger partial charge in [0.1, 0.15) is 0 Å². The summed E-state index contributed by atoms with van der Waals surface area (Å²) in [6, 6.07) is 7.78. The van der Waals surface area contributed by atoms with Gasteiger partial charge in [-0.05, 0) is 18.1 Å². The maximum atomic E-state index is 12.4. The maximum absolute atomic E-state index is 12.4. The number of sulfonamides is 1. The summed E-state index contributed by atoms with van der Waals surface area (Å²) >= 11 is 0. The molecule has 0 unspecified atom stereocenters. The monoisotopic (exact) mass is 332 g/mol. The highest BCUT2D eigenvalue weighted by molar-refractivity contribution is 7.90. The van der Waals surface area contributed by atoms with Crippen LogP contribution in [-0.4, -0.2) is 37.9 Å². The van der Waals surface area contributed by atoms with Crippen LogP contribution in [0.15, 0.2) is 47.9 Å². The Kier molecular flexibility index (Phi) is 3.99. The maximum Gasteiger partial charge on any atom is 0.283 e. The summed E-state index contributed by atoms with van der Waals surface area (Å²) in [5, 5.41) is -0.266. The Morgan fingerprint density at radius 2 is 2.09 bits per heavy atom. The van der Waals surface area contributed by atoms with Gasteiger partial charge < -0.3 is 4.90 Å². The summed E-state index contributed by atoms with van der Waals surface area (Å²) in [5.74, 6) is -0.974. The van der Waals surface area contributed by atoms with E-state index in [4.69, 9.17) is 0 Å². The molecule has 2 heterocycles. The topological polar surface area (TPSA) is 92.3 Å². The van der Waals surface area contributed by atoms with Crippen molar-refractivity contribution in [2.75, 3.05) is 18.5 Å². The van der Waals surface area contributed by atoms with Crippen LogP contribution < -0.4 is 9.62 Å². The molecular weight excluding hydrogens is 316 g/mol. The number of hydrogen-bond donors (Lipinski definition) is 1. The summed E-state index contributed by atoms with van der Waals surface area (Å²) < 4.78 is 26.4. The van der Waals surface area contributed by atoms with Crippen LogP contribution in [-0.2, 0) is 21.2 Å². The molecule has 1 aromatic heterocycles. The van der Waals surface area contributed by atoms with E-state index in [1.54, 1.807) is 0 Å². The summed E-state index contributed by atoms with van der Waals surface area (Å²) in [4.78, 5) is 21.8. The molecule has 1 atom stereocenters. The largest absolute Gasteiger partial charge is 0.374 e. The first-order valence-electron chi connectivity index (χ1n) is 7.09. The SMILES string of the molecule is CN1C[C@H](C(=O)NS(=O)(=O)c2cnccn2)Cc2ccccc21. The van der Waals surface area contributed by atoms with Crippen molar-refractivity contribution in [3.8, 4) is 0 Å². The van der Waals surface area contributed by atoms with E-state index in [-0.39, 0.29) is 5.03 Å². The van der Waals surface area contributed by atoms with Crippen molar-refractivity contribution in [2.24, 2.45) is 5.92 Å².